The minimum atomic E-state index is 0.824. The molecule has 19 heavy (non-hydrogen) atoms. The molecule has 3 rings (SSSR count). The van der Waals surface area contributed by atoms with Crippen molar-refractivity contribution in [1.29, 1.82) is 0 Å². The molecule has 2 heteroatoms. The number of hydrogen-bond donors (Lipinski definition) is 1. The van der Waals surface area contributed by atoms with E-state index < -0.39 is 0 Å². The summed E-state index contributed by atoms with van der Waals surface area (Å²) in [5, 5.41) is 3.53. The first-order valence-electron chi connectivity index (χ1n) is 7.90. The number of fused-ring (bicyclic) bond motifs is 1. The molecule has 1 aromatic carbocycles. The van der Waals surface area contributed by atoms with Crippen LogP contribution in [-0.2, 0) is 13.0 Å². The van der Waals surface area contributed by atoms with Crippen LogP contribution in [0.15, 0.2) is 24.3 Å². The first-order chi connectivity index (χ1) is 9.38. The fourth-order valence-electron chi connectivity index (χ4n) is 3.61. The minimum absolute atomic E-state index is 0.824. The van der Waals surface area contributed by atoms with Gasteiger partial charge in [-0.3, -0.25) is 4.90 Å². The highest BCUT2D eigenvalue weighted by molar-refractivity contribution is 5.28. The van der Waals surface area contributed by atoms with Crippen molar-refractivity contribution in [1.82, 2.24) is 10.2 Å². The first kappa shape index (κ1) is 13.1. The van der Waals surface area contributed by atoms with E-state index in [1.54, 1.807) is 11.1 Å². The Morgan fingerprint density at radius 2 is 2.05 bits per heavy atom. The largest absolute Gasteiger partial charge is 0.317 e. The summed E-state index contributed by atoms with van der Waals surface area (Å²) in [6, 6.07) is 9.84. The Hall–Kier alpha value is -0.860. The average molecular weight is 258 g/mol. The van der Waals surface area contributed by atoms with Gasteiger partial charge in [-0.2, -0.15) is 0 Å². The summed E-state index contributed by atoms with van der Waals surface area (Å²) in [7, 11) is 0. The maximum absolute atomic E-state index is 3.53. The Labute approximate surface area is 117 Å². The second-order valence-corrected chi connectivity index (χ2v) is 6.06. The van der Waals surface area contributed by atoms with Crippen LogP contribution in [0.2, 0.25) is 0 Å². The third-order valence-electron chi connectivity index (χ3n) is 4.89. The smallest absolute Gasteiger partial charge is 0.0239 e. The zero-order valence-corrected chi connectivity index (χ0v) is 12.1. The van der Waals surface area contributed by atoms with Gasteiger partial charge in [0.1, 0.15) is 0 Å². The Bertz CT molecular complexity index is 415. The van der Waals surface area contributed by atoms with Gasteiger partial charge in [0.2, 0.25) is 0 Å². The predicted molar refractivity (Wildman–Crippen MR) is 80.2 cm³/mol. The second-order valence-electron chi connectivity index (χ2n) is 6.06. The van der Waals surface area contributed by atoms with Crippen molar-refractivity contribution in [3.05, 3.63) is 35.4 Å². The molecule has 0 aromatic heterocycles. The van der Waals surface area contributed by atoms with E-state index in [0.29, 0.717) is 0 Å². The maximum atomic E-state index is 3.53. The quantitative estimate of drug-likeness (QED) is 0.893. The van der Waals surface area contributed by atoms with Crippen molar-refractivity contribution in [2.75, 3.05) is 19.6 Å². The van der Waals surface area contributed by atoms with Gasteiger partial charge in [0.15, 0.2) is 0 Å². The van der Waals surface area contributed by atoms with Crippen LogP contribution in [0.1, 0.15) is 37.3 Å². The minimum Gasteiger partial charge on any atom is -0.317 e. The molecular formula is C17H26N2. The standard InChI is InChI=1S/C17H26N2/c1-2-18-12-15-9-10-17(15)19-11-5-8-14-6-3-4-7-16(14)13-19/h3-4,6-7,15,17-18H,2,5,8-13H2,1H3. The van der Waals surface area contributed by atoms with Crippen LogP contribution in [0, 0.1) is 5.92 Å². The fraction of sp³-hybridized carbons (Fsp3) is 0.647. The maximum Gasteiger partial charge on any atom is 0.0239 e. The monoisotopic (exact) mass is 258 g/mol. The van der Waals surface area contributed by atoms with Gasteiger partial charge in [-0.05, 0) is 62.4 Å². The lowest BCUT2D eigenvalue weighted by molar-refractivity contribution is 0.0568. The molecule has 1 aromatic rings. The third kappa shape index (κ3) is 2.85. The highest BCUT2D eigenvalue weighted by Gasteiger charge is 2.35. The van der Waals surface area contributed by atoms with Gasteiger partial charge in [0.25, 0.3) is 0 Å². The molecule has 1 fully saturated rings. The average Bonchev–Trinajstić information content (AvgIpc) is 2.60. The van der Waals surface area contributed by atoms with Gasteiger partial charge in [0.05, 0.1) is 0 Å². The summed E-state index contributed by atoms with van der Waals surface area (Å²) in [6.45, 7) is 6.96. The number of rotatable bonds is 4. The van der Waals surface area contributed by atoms with Crippen molar-refractivity contribution in [2.24, 2.45) is 5.92 Å². The summed E-state index contributed by atoms with van der Waals surface area (Å²) in [5.74, 6) is 0.880. The molecule has 1 aliphatic carbocycles. The summed E-state index contributed by atoms with van der Waals surface area (Å²) in [5.41, 5.74) is 3.14. The van der Waals surface area contributed by atoms with Crippen LogP contribution in [0.3, 0.4) is 0 Å². The second kappa shape index (κ2) is 6.06. The zero-order valence-electron chi connectivity index (χ0n) is 12.1. The lowest BCUT2D eigenvalue weighted by Crippen LogP contribution is -2.50. The molecule has 0 bridgehead atoms. The molecule has 0 saturated heterocycles. The normalized spacial score (nSPS) is 27.4. The van der Waals surface area contributed by atoms with Crippen LogP contribution >= 0.6 is 0 Å². The van der Waals surface area contributed by atoms with Gasteiger partial charge in [-0.15, -0.1) is 0 Å². The third-order valence-corrected chi connectivity index (χ3v) is 4.89. The van der Waals surface area contributed by atoms with Crippen molar-refractivity contribution in [2.45, 2.75) is 45.2 Å². The van der Waals surface area contributed by atoms with Gasteiger partial charge < -0.3 is 5.32 Å². The van der Waals surface area contributed by atoms with Crippen LogP contribution in [0.5, 0.6) is 0 Å². The van der Waals surface area contributed by atoms with Crippen molar-refractivity contribution >= 4 is 0 Å². The lowest BCUT2D eigenvalue weighted by Gasteiger charge is -2.44. The van der Waals surface area contributed by atoms with Crippen molar-refractivity contribution < 1.29 is 0 Å². The predicted octanol–water partition coefficient (Wildman–Crippen LogP) is 2.82. The first-order valence-corrected chi connectivity index (χ1v) is 7.90. The molecular weight excluding hydrogens is 232 g/mol. The Morgan fingerprint density at radius 3 is 2.79 bits per heavy atom. The number of benzene rings is 1. The highest BCUT2D eigenvalue weighted by Crippen LogP contribution is 2.34. The molecule has 0 radical (unpaired) electrons. The van der Waals surface area contributed by atoms with E-state index >= 15 is 0 Å². The van der Waals surface area contributed by atoms with Gasteiger partial charge in [-0.25, -0.2) is 0 Å². The van der Waals surface area contributed by atoms with E-state index in [4.69, 9.17) is 0 Å². The molecule has 1 N–H and O–H groups in total. The Balaban J connectivity index is 1.66. The van der Waals surface area contributed by atoms with E-state index in [0.717, 1.165) is 18.5 Å². The fourth-order valence-corrected chi connectivity index (χ4v) is 3.61. The van der Waals surface area contributed by atoms with Crippen molar-refractivity contribution in [3.63, 3.8) is 0 Å². The van der Waals surface area contributed by atoms with E-state index in [1.807, 2.05) is 0 Å². The summed E-state index contributed by atoms with van der Waals surface area (Å²) in [6.07, 6.45) is 5.40. The van der Waals surface area contributed by atoms with Gasteiger partial charge >= 0.3 is 0 Å². The van der Waals surface area contributed by atoms with E-state index in [2.05, 4.69) is 41.4 Å². The van der Waals surface area contributed by atoms with Gasteiger partial charge in [-0.1, -0.05) is 31.2 Å². The number of aryl methyl sites for hydroxylation is 1. The van der Waals surface area contributed by atoms with Crippen LogP contribution in [-0.4, -0.2) is 30.6 Å². The number of nitrogens with zero attached hydrogens (tertiary/aromatic N) is 1. The molecule has 1 saturated carbocycles. The Morgan fingerprint density at radius 1 is 1.21 bits per heavy atom. The van der Waals surface area contributed by atoms with Gasteiger partial charge in [0, 0.05) is 12.6 Å². The summed E-state index contributed by atoms with van der Waals surface area (Å²) >= 11 is 0. The molecule has 1 aliphatic heterocycles. The molecule has 2 unspecified atom stereocenters. The van der Waals surface area contributed by atoms with Crippen LogP contribution < -0.4 is 5.32 Å². The topological polar surface area (TPSA) is 15.3 Å². The number of nitrogens with one attached hydrogen (secondary N) is 1. The van der Waals surface area contributed by atoms with E-state index in [-0.39, 0.29) is 0 Å². The number of hydrogen-bond acceptors (Lipinski definition) is 2. The molecule has 2 atom stereocenters. The van der Waals surface area contributed by atoms with Crippen LogP contribution in [0.4, 0.5) is 0 Å². The molecule has 0 amide bonds. The van der Waals surface area contributed by atoms with Crippen LogP contribution in [0.25, 0.3) is 0 Å². The summed E-state index contributed by atoms with van der Waals surface area (Å²) < 4.78 is 0. The highest BCUT2D eigenvalue weighted by atomic mass is 15.2. The van der Waals surface area contributed by atoms with Crippen molar-refractivity contribution in [3.8, 4) is 0 Å². The molecule has 104 valence electrons. The SMILES string of the molecule is CCNCC1CCC1N1CCCc2ccccc2C1. The molecule has 0 spiro atoms. The molecule has 2 aliphatic rings. The molecule has 2 nitrogen and oxygen atoms in total. The van der Waals surface area contributed by atoms with E-state index in [9.17, 15) is 0 Å². The van der Waals surface area contributed by atoms with E-state index in [1.165, 1.54) is 45.3 Å². The Kier molecular flexibility index (Phi) is 4.19. The lowest BCUT2D eigenvalue weighted by atomic mass is 9.78. The molecule has 1 heterocycles. The summed E-state index contributed by atoms with van der Waals surface area (Å²) in [4.78, 5) is 2.75. The zero-order chi connectivity index (χ0) is 13.1.